The number of carbonyl (C=O) groups is 1. The minimum atomic E-state index is -0.502. The molecule has 3 aliphatic heterocycles. The molecule has 0 spiro atoms. The molecule has 6 nitrogen and oxygen atoms in total. The first kappa shape index (κ1) is 19.0. The number of carbonyl (C=O) groups excluding carboxylic acids is 1. The smallest absolute Gasteiger partial charge is 0.252 e. The molecule has 0 aliphatic carbocycles. The topological polar surface area (TPSA) is 54.0 Å². The van der Waals surface area contributed by atoms with Gasteiger partial charge in [-0.3, -0.25) is 4.79 Å². The van der Waals surface area contributed by atoms with Crippen LogP contribution in [0, 0.1) is 5.82 Å². The Balaban J connectivity index is 1.61. The molecule has 8 heteroatoms. The minimum absolute atomic E-state index is 0.0460. The van der Waals surface area contributed by atoms with Gasteiger partial charge in [0.2, 0.25) is 0 Å². The molecule has 0 radical (unpaired) electrons. The lowest BCUT2D eigenvalue weighted by Gasteiger charge is -2.37. The normalized spacial score (nSPS) is 22.7. The summed E-state index contributed by atoms with van der Waals surface area (Å²) in [5, 5.41) is 4.15. The van der Waals surface area contributed by atoms with Crippen LogP contribution in [-0.2, 0) is 4.79 Å². The van der Waals surface area contributed by atoms with Gasteiger partial charge in [0, 0.05) is 38.5 Å². The number of ether oxygens (including phenoxy) is 2. The Bertz CT molecular complexity index is 878. The largest absolute Gasteiger partial charge is 0.493 e. The maximum Gasteiger partial charge on any atom is 0.252 e. The van der Waals surface area contributed by atoms with Crippen molar-refractivity contribution in [3.05, 3.63) is 53.6 Å². The highest BCUT2D eigenvalue weighted by atomic mass is 31.1. The number of piperazine rings is 1. The number of nitrogens with zero attached hydrogens (tertiary/aromatic N) is 2. The SMILES string of the molecule is COc1cc(C2=CC(=O)N3C=C(N4CCNCC4)C=CC3P2)cc(F)c1OC. The van der Waals surface area contributed by atoms with Crippen LogP contribution in [-0.4, -0.2) is 61.9 Å². The molecule has 1 N–H and O–H groups in total. The van der Waals surface area contributed by atoms with Crippen molar-refractivity contribution in [2.75, 3.05) is 40.4 Å². The molecule has 3 heterocycles. The number of halogens is 1. The molecule has 1 aromatic rings. The molecule has 1 amide bonds. The fourth-order valence-corrected chi connectivity index (χ4v) is 4.99. The molecule has 3 aliphatic rings. The van der Waals surface area contributed by atoms with Crippen LogP contribution in [0.2, 0.25) is 0 Å². The minimum Gasteiger partial charge on any atom is -0.493 e. The monoisotopic (exact) mass is 403 g/mol. The number of methoxy groups -OCH3 is 2. The molecule has 2 unspecified atom stereocenters. The second-order valence-electron chi connectivity index (χ2n) is 6.74. The van der Waals surface area contributed by atoms with Gasteiger partial charge < -0.3 is 24.6 Å². The summed E-state index contributed by atoms with van der Waals surface area (Å²) in [6.45, 7) is 3.74. The van der Waals surface area contributed by atoms with Crippen molar-refractivity contribution >= 4 is 19.8 Å². The lowest BCUT2D eigenvalue weighted by Crippen LogP contribution is -2.44. The number of nitrogens with one attached hydrogen (secondary N) is 1. The van der Waals surface area contributed by atoms with Gasteiger partial charge >= 0.3 is 0 Å². The van der Waals surface area contributed by atoms with Crippen LogP contribution in [0.1, 0.15) is 5.56 Å². The zero-order valence-electron chi connectivity index (χ0n) is 15.9. The van der Waals surface area contributed by atoms with Gasteiger partial charge in [-0.25, -0.2) is 4.39 Å². The average Bonchev–Trinajstić information content (AvgIpc) is 2.73. The molecule has 2 atom stereocenters. The number of hydrogen-bond donors (Lipinski definition) is 1. The highest BCUT2D eigenvalue weighted by Crippen LogP contribution is 2.46. The molecular weight excluding hydrogens is 380 g/mol. The van der Waals surface area contributed by atoms with E-state index in [9.17, 15) is 9.18 Å². The van der Waals surface area contributed by atoms with Crippen LogP contribution in [0.15, 0.2) is 42.3 Å². The standard InChI is InChI=1S/C20H23FN3O3P/c1-26-16-10-13(9-15(21)20(16)27-2)17-11-18(25)24-12-14(3-4-19(24)28-17)23-7-5-22-6-8-23/h3-4,9-12,19,22,28H,5-8H2,1-2H3. The second-order valence-corrected chi connectivity index (χ2v) is 8.16. The third kappa shape index (κ3) is 3.52. The Morgan fingerprint density at radius 1 is 1.21 bits per heavy atom. The highest BCUT2D eigenvalue weighted by molar-refractivity contribution is 7.51. The summed E-state index contributed by atoms with van der Waals surface area (Å²) in [5.41, 5.74) is 1.71. The lowest BCUT2D eigenvalue weighted by molar-refractivity contribution is -0.123. The van der Waals surface area contributed by atoms with Gasteiger partial charge in [-0.15, -0.1) is 0 Å². The molecule has 0 aromatic heterocycles. The van der Waals surface area contributed by atoms with Gasteiger partial charge in [0.15, 0.2) is 17.3 Å². The molecule has 1 aromatic carbocycles. The summed E-state index contributed by atoms with van der Waals surface area (Å²) in [4.78, 5) is 16.9. The van der Waals surface area contributed by atoms with E-state index in [-0.39, 0.29) is 17.4 Å². The quantitative estimate of drug-likeness (QED) is 0.783. The predicted octanol–water partition coefficient (Wildman–Crippen LogP) is 2.35. The summed E-state index contributed by atoms with van der Waals surface area (Å²) in [6, 6.07) is 3.12. The molecule has 4 rings (SSSR count). The van der Waals surface area contributed by atoms with Crippen molar-refractivity contribution in [2.24, 2.45) is 0 Å². The fourth-order valence-electron chi connectivity index (χ4n) is 3.62. The molecule has 1 saturated heterocycles. The molecule has 148 valence electrons. The van der Waals surface area contributed by atoms with Gasteiger partial charge in [-0.1, -0.05) is 14.7 Å². The summed E-state index contributed by atoms with van der Waals surface area (Å²) in [7, 11) is 3.19. The third-order valence-corrected chi connectivity index (χ3v) is 6.58. The molecule has 28 heavy (non-hydrogen) atoms. The van der Waals surface area contributed by atoms with E-state index in [0.29, 0.717) is 19.9 Å². The van der Waals surface area contributed by atoms with Gasteiger partial charge in [-0.05, 0) is 29.1 Å². The average molecular weight is 403 g/mol. The Hall–Kier alpha value is -2.37. The Morgan fingerprint density at radius 3 is 2.71 bits per heavy atom. The number of hydrogen-bond acceptors (Lipinski definition) is 5. The molecule has 1 fully saturated rings. The molecule has 0 bridgehead atoms. The number of rotatable bonds is 4. The van der Waals surface area contributed by atoms with E-state index in [0.717, 1.165) is 37.2 Å². The lowest BCUT2D eigenvalue weighted by atomic mass is 10.1. The summed E-state index contributed by atoms with van der Waals surface area (Å²) in [5.74, 6) is -0.253. The first-order valence-electron chi connectivity index (χ1n) is 9.19. The van der Waals surface area contributed by atoms with Crippen molar-refractivity contribution in [3.63, 3.8) is 0 Å². The number of amides is 1. The van der Waals surface area contributed by atoms with Gasteiger partial charge in [0.25, 0.3) is 5.91 Å². The van der Waals surface area contributed by atoms with Crippen LogP contribution in [0.25, 0.3) is 5.31 Å². The third-order valence-electron chi connectivity index (χ3n) is 5.07. The second kappa shape index (κ2) is 7.94. The number of allylic oxidation sites excluding steroid dienone is 1. The van der Waals surface area contributed by atoms with E-state index in [4.69, 9.17) is 9.47 Å². The zero-order valence-corrected chi connectivity index (χ0v) is 16.9. The number of fused-ring (bicyclic) bond motifs is 1. The van der Waals surface area contributed by atoms with Gasteiger partial charge in [-0.2, -0.15) is 0 Å². The first-order valence-corrected chi connectivity index (χ1v) is 10.3. The first-order chi connectivity index (χ1) is 13.6. The van der Waals surface area contributed by atoms with Crippen LogP contribution in [0.3, 0.4) is 0 Å². The highest BCUT2D eigenvalue weighted by Gasteiger charge is 2.30. The van der Waals surface area contributed by atoms with E-state index in [1.807, 2.05) is 6.20 Å². The zero-order chi connectivity index (χ0) is 19.7. The van der Waals surface area contributed by atoms with Crippen molar-refractivity contribution in [3.8, 4) is 11.5 Å². The van der Waals surface area contributed by atoms with E-state index in [1.165, 1.54) is 20.3 Å². The summed E-state index contributed by atoms with van der Waals surface area (Å²) in [6.07, 6.45) is 7.69. The number of benzene rings is 1. The fraction of sp³-hybridized carbons (Fsp3) is 0.350. The van der Waals surface area contributed by atoms with Crippen molar-refractivity contribution in [2.45, 2.75) is 5.78 Å². The van der Waals surface area contributed by atoms with Crippen LogP contribution >= 0.6 is 8.58 Å². The Labute approximate surface area is 165 Å². The van der Waals surface area contributed by atoms with Crippen molar-refractivity contribution < 1.29 is 18.7 Å². The Kier molecular flexibility index (Phi) is 5.38. The van der Waals surface area contributed by atoms with Crippen LogP contribution in [0.4, 0.5) is 4.39 Å². The van der Waals surface area contributed by atoms with E-state index >= 15 is 0 Å². The van der Waals surface area contributed by atoms with Crippen LogP contribution in [0.5, 0.6) is 11.5 Å². The van der Waals surface area contributed by atoms with Crippen molar-refractivity contribution in [1.82, 2.24) is 15.1 Å². The van der Waals surface area contributed by atoms with E-state index < -0.39 is 5.82 Å². The summed E-state index contributed by atoms with van der Waals surface area (Å²) >= 11 is 0. The van der Waals surface area contributed by atoms with Crippen LogP contribution < -0.4 is 14.8 Å². The van der Waals surface area contributed by atoms with E-state index in [1.54, 1.807) is 17.0 Å². The summed E-state index contributed by atoms with van der Waals surface area (Å²) < 4.78 is 24.7. The maximum absolute atomic E-state index is 14.4. The Morgan fingerprint density at radius 2 is 2.00 bits per heavy atom. The predicted molar refractivity (Wildman–Crippen MR) is 108 cm³/mol. The maximum atomic E-state index is 14.4. The van der Waals surface area contributed by atoms with Gasteiger partial charge in [0.05, 0.1) is 25.7 Å². The molecule has 0 saturated carbocycles. The van der Waals surface area contributed by atoms with Gasteiger partial charge in [0.1, 0.15) is 0 Å². The van der Waals surface area contributed by atoms with E-state index in [2.05, 4.69) is 22.4 Å². The molecular formula is C20H23FN3O3P. The van der Waals surface area contributed by atoms with Crippen molar-refractivity contribution in [1.29, 1.82) is 0 Å².